The summed E-state index contributed by atoms with van der Waals surface area (Å²) in [5, 5.41) is 11.5. The van der Waals surface area contributed by atoms with Gasteiger partial charge in [-0.1, -0.05) is 18.2 Å². The number of nitrogens with zero attached hydrogens (tertiary/aromatic N) is 4. The fraction of sp³-hybridized carbons (Fsp3) is 0. The van der Waals surface area contributed by atoms with Crippen LogP contribution in [-0.2, 0) is 0 Å². The molecule has 0 amide bonds. The van der Waals surface area contributed by atoms with Gasteiger partial charge < -0.3 is 4.74 Å². The second-order valence-corrected chi connectivity index (χ2v) is 3.55. The van der Waals surface area contributed by atoms with Gasteiger partial charge in [0.25, 0.3) is 0 Å². The molecule has 88 valence electrons. The summed E-state index contributed by atoms with van der Waals surface area (Å²) in [7, 11) is 0. The third kappa shape index (κ3) is 1.80. The standard InChI is InChI=1S/C12H8N4O2/c17-12(18-9-4-2-1-3-5-9)10-6-7-14-16-8-13-15-11(10)16/h1-8H. The van der Waals surface area contributed by atoms with Crippen molar-refractivity contribution >= 4 is 11.6 Å². The minimum atomic E-state index is -0.485. The number of carbonyl (C=O) groups excluding carboxylic acids is 1. The number of carbonyl (C=O) groups is 1. The van der Waals surface area contributed by atoms with Crippen molar-refractivity contribution in [1.82, 2.24) is 19.8 Å². The Morgan fingerprint density at radius 2 is 2.00 bits per heavy atom. The zero-order chi connectivity index (χ0) is 12.4. The van der Waals surface area contributed by atoms with Crippen LogP contribution in [0.2, 0.25) is 0 Å². The van der Waals surface area contributed by atoms with Crippen LogP contribution in [0.5, 0.6) is 5.75 Å². The maximum atomic E-state index is 12.0. The first-order chi connectivity index (χ1) is 8.84. The molecule has 0 N–H and O–H groups in total. The molecule has 2 heterocycles. The first kappa shape index (κ1) is 10.4. The monoisotopic (exact) mass is 240 g/mol. The summed E-state index contributed by atoms with van der Waals surface area (Å²) < 4.78 is 6.65. The van der Waals surface area contributed by atoms with Gasteiger partial charge in [0.1, 0.15) is 17.6 Å². The average Bonchev–Trinajstić information content (AvgIpc) is 2.87. The highest BCUT2D eigenvalue weighted by atomic mass is 16.5. The van der Waals surface area contributed by atoms with Crippen molar-refractivity contribution in [3.63, 3.8) is 0 Å². The summed E-state index contributed by atoms with van der Waals surface area (Å²) in [6.45, 7) is 0. The minimum absolute atomic E-state index is 0.325. The van der Waals surface area contributed by atoms with Crippen molar-refractivity contribution < 1.29 is 9.53 Å². The van der Waals surface area contributed by atoms with Crippen LogP contribution in [0.3, 0.4) is 0 Å². The molecule has 0 aliphatic heterocycles. The van der Waals surface area contributed by atoms with Gasteiger partial charge in [-0.2, -0.15) is 9.61 Å². The van der Waals surface area contributed by atoms with Gasteiger partial charge in [0, 0.05) is 6.20 Å². The van der Waals surface area contributed by atoms with E-state index in [-0.39, 0.29) is 0 Å². The molecule has 0 unspecified atom stereocenters. The second-order valence-electron chi connectivity index (χ2n) is 3.55. The van der Waals surface area contributed by atoms with Gasteiger partial charge in [-0.3, -0.25) is 0 Å². The minimum Gasteiger partial charge on any atom is -0.423 e. The number of aromatic nitrogens is 4. The predicted octanol–water partition coefficient (Wildman–Crippen LogP) is 1.34. The van der Waals surface area contributed by atoms with Gasteiger partial charge in [0.2, 0.25) is 0 Å². The number of ether oxygens (including phenoxy) is 1. The van der Waals surface area contributed by atoms with Crippen LogP contribution in [0.15, 0.2) is 48.9 Å². The highest BCUT2D eigenvalue weighted by molar-refractivity contribution is 5.96. The molecular weight excluding hydrogens is 232 g/mol. The number of rotatable bonds is 2. The zero-order valence-electron chi connectivity index (χ0n) is 9.22. The SMILES string of the molecule is O=C(Oc1ccccc1)c1ccnn2cnnc12. The lowest BCUT2D eigenvalue weighted by Gasteiger charge is -2.03. The van der Waals surface area contributed by atoms with Crippen LogP contribution < -0.4 is 4.74 Å². The van der Waals surface area contributed by atoms with E-state index in [1.165, 1.54) is 17.0 Å². The molecule has 6 heteroatoms. The van der Waals surface area contributed by atoms with E-state index in [0.717, 1.165) is 0 Å². The lowest BCUT2D eigenvalue weighted by molar-refractivity contribution is 0.0736. The molecule has 0 saturated heterocycles. The summed E-state index contributed by atoms with van der Waals surface area (Å²) in [4.78, 5) is 12.0. The van der Waals surface area contributed by atoms with E-state index in [2.05, 4.69) is 15.3 Å². The maximum Gasteiger partial charge on any atom is 0.347 e. The van der Waals surface area contributed by atoms with Crippen molar-refractivity contribution in [2.24, 2.45) is 0 Å². The van der Waals surface area contributed by atoms with Gasteiger partial charge in [-0.15, -0.1) is 10.2 Å². The number of fused-ring (bicyclic) bond motifs is 1. The Hall–Kier alpha value is -2.76. The number of hydrogen-bond acceptors (Lipinski definition) is 5. The predicted molar refractivity (Wildman–Crippen MR) is 62.2 cm³/mol. The van der Waals surface area contributed by atoms with E-state index in [4.69, 9.17) is 4.74 Å². The van der Waals surface area contributed by atoms with Gasteiger partial charge in [0.15, 0.2) is 5.65 Å². The first-order valence-corrected chi connectivity index (χ1v) is 5.27. The van der Waals surface area contributed by atoms with Crippen molar-refractivity contribution in [2.75, 3.05) is 0 Å². The molecule has 3 aromatic rings. The molecule has 18 heavy (non-hydrogen) atoms. The third-order valence-electron chi connectivity index (χ3n) is 2.38. The molecule has 0 radical (unpaired) electrons. The maximum absolute atomic E-state index is 12.0. The molecule has 0 aliphatic rings. The lowest BCUT2D eigenvalue weighted by Crippen LogP contribution is -2.11. The lowest BCUT2D eigenvalue weighted by atomic mass is 10.3. The van der Waals surface area contributed by atoms with E-state index in [9.17, 15) is 4.79 Å². The highest BCUT2D eigenvalue weighted by Gasteiger charge is 2.14. The first-order valence-electron chi connectivity index (χ1n) is 5.27. The molecule has 0 spiro atoms. The molecule has 0 saturated carbocycles. The van der Waals surface area contributed by atoms with Crippen LogP contribution in [0.25, 0.3) is 5.65 Å². The summed E-state index contributed by atoms with van der Waals surface area (Å²) in [6.07, 6.45) is 2.92. The summed E-state index contributed by atoms with van der Waals surface area (Å²) >= 11 is 0. The summed E-state index contributed by atoms with van der Waals surface area (Å²) in [5.74, 6) is -0.00132. The molecule has 3 rings (SSSR count). The molecule has 6 nitrogen and oxygen atoms in total. The molecule has 2 aromatic heterocycles. The number of hydrogen-bond donors (Lipinski definition) is 0. The molecule has 0 atom stereocenters. The van der Waals surface area contributed by atoms with Crippen molar-refractivity contribution in [3.8, 4) is 5.75 Å². The van der Waals surface area contributed by atoms with Crippen LogP contribution in [0.1, 0.15) is 10.4 Å². The average molecular weight is 240 g/mol. The van der Waals surface area contributed by atoms with E-state index >= 15 is 0 Å². The van der Waals surface area contributed by atoms with Gasteiger partial charge in [0.05, 0.1) is 0 Å². The quantitative estimate of drug-likeness (QED) is 0.499. The Labute approximate surface area is 102 Å². The van der Waals surface area contributed by atoms with E-state index in [1.807, 2.05) is 6.07 Å². The Morgan fingerprint density at radius 3 is 2.83 bits per heavy atom. The fourth-order valence-corrected chi connectivity index (χ4v) is 1.56. The van der Waals surface area contributed by atoms with Crippen molar-refractivity contribution in [3.05, 3.63) is 54.5 Å². The number of benzene rings is 1. The molecule has 0 bridgehead atoms. The smallest absolute Gasteiger partial charge is 0.347 e. The number of para-hydroxylation sites is 1. The normalized spacial score (nSPS) is 10.4. The third-order valence-corrected chi connectivity index (χ3v) is 2.38. The second kappa shape index (κ2) is 4.25. The van der Waals surface area contributed by atoms with E-state index in [1.54, 1.807) is 30.3 Å². The summed E-state index contributed by atoms with van der Waals surface area (Å²) in [5.41, 5.74) is 0.699. The van der Waals surface area contributed by atoms with Crippen LogP contribution in [0, 0.1) is 0 Å². The highest BCUT2D eigenvalue weighted by Crippen LogP contribution is 2.13. The Kier molecular flexibility index (Phi) is 2.45. The van der Waals surface area contributed by atoms with Gasteiger partial charge >= 0.3 is 5.97 Å². The zero-order valence-corrected chi connectivity index (χ0v) is 9.22. The van der Waals surface area contributed by atoms with Gasteiger partial charge in [-0.25, -0.2) is 4.79 Å². The molecule has 0 fully saturated rings. The van der Waals surface area contributed by atoms with Gasteiger partial charge in [-0.05, 0) is 18.2 Å². The Morgan fingerprint density at radius 1 is 1.17 bits per heavy atom. The summed E-state index contributed by atoms with van der Waals surface area (Å²) in [6, 6.07) is 10.4. The van der Waals surface area contributed by atoms with Crippen LogP contribution in [0.4, 0.5) is 0 Å². The van der Waals surface area contributed by atoms with E-state index in [0.29, 0.717) is 17.0 Å². The largest absolute Gasteiger partial charge is 0.423 e. The van der Waals surface area contributed by atoms with Crippen molar-refractivity contribution in [1.29, 1.82) is 0 Å². The topological polar surface area (TPSA) is 69.4 Å². The van der Waals surface area contributed by atoms with Crippen molar-refractivity contribution in [2.45, 2.75) is 0 Å². The molecule has 1 aromatic carbocycles. The molecule has 0 aliphatic carbocycles. The Balaban J connectivity index is 1.95. The molecular formula is C12H8N4O2. The van der Waals surface area contributed by atoms with E-state index < -0.39 is 5.97 Å². The number of esters is 1. The van der Waals surface area contributed by atoms with Crippen LogP contribution >= 0.6 is 0 Å². The van der Waals surface area contributed by atoms with Crippen LogP contribution in [-0.4, -0.2) is 25.8 Å². The Bertz CT molecular complexity index is 693. The fourth-order valence-electron chi connectivity index (χ4n) is 1.56.